The van der Waals surface area contributed by atoms with Crippen LogP contribution in [0.5, 0.6) is 5.75 Å². The number of nitrogens with one attached hydrogen (secondary N) is 2. The van der Waals surface area contributed by atoms with Gasteiger partial charge in [0.1, 0.15) is 5.75 Å². The van der Waals surface area contributed by atoms with Gasteiger partial charge in [-0.05, 0) is 47.0 Å². The predicted octanol–water partition coefficient (Wildman–Crippen LogP) is 3.86. The highest BCUT2D eigenvalue weighted by atomic mass is 16.5. The molecule has 0 fully saturated rings. The molecule has 2 aromatic carbocycles. The summed E-state index contributed by atoms with van der Waals surface area (Å²) in [7, 11) is 1.66. The smallest absolute Gasteiger partial charge is 0.228 e. The first-order valence-corrected chi connectivity index (χ1v) is 8.46. The van der Waals surface area contributed by atoms with Gasteiger partial charge in [0.2, 0.25) is 5.91 Å². The van der Waals surface area contributed by atoms with Crippen molar-refractivity contribution < 1.29 is 9.53 Å². The van der Waals surface area contributed by atoms with Gasteiger partial charge in [-0.15, -0.1) is 0 Å². The molecule has 0 bridgehead atoms. The molecular weight excluding hydrogens is 326 g/mol. The van der Waals surface area contributed by atoms with E-state index in [1.54, 1.807) is 7.11 Å². The fraction of sp³-hybridized carbons (Fsp3) is 0.143. The van der Waals surface area contributed by atoms with E-state index in [-0.39, 0.29) is 5.91 Å². The van der Waals surface area contributed by atoms with E-state index in [4.69, 9.17) is 4.74 Å². The number of fused-ring (bicyclic) bond motifs is 1. The summed E-state index contributed by atoms with van der Waals surface area (Å²) in [6.07, 6.45) is 4.09. The highest BCUT2D eigenvalue weighted by molar-refractivity contribution is 5.99. The summed E-state index contributed by atoms with van der Waals surface area (Å²) in [5.41, 5.74) is 6.13. The van der Waals surface area contributed by atoms with Crippen LogP contribution < -0.4 is 15.4 Å². The van der Waals surface area contributed by atoms with Gasteiger partial charge in [0.15, 0.2) is 0 Å². The van der Waals surface area contributed by atoms with Crippen LogP contribution in [0.15, 0.2) is 60.9 Å². The van der Waals surface area contributed by atoms with Crippen LogP contribution in [0, 0.1) is 0 Å². The molecule has 5 nitrogen and oxygen atoms in total. The second kappa shape index (κ2) is 6.88. The zero-order chi connectivity index (χ0) is 17.9. The minimum Gasteiger partial charge on any atom is -0.497 e. The van der Waals surface area contributed by atoms with E-state index in [0.29, 0.717) is 13.0 Å². The number of ether oxygens (including phenoxy) is 1. The highest BCUT2D eigenvalue weighted by Crippen LogP contribution is 2.29. The van der Waals surface area contributed by atoms with Crippen LogP contribution in [0.25, 0.3) is 11.1 Å². The SMILES string of the molecule is COc1ccc(CNc2cncc(-c3ccc4c(c3)CC(=O)N4)c2)cc1. The molecule has 0 spiro atoms. The number of hydrogen-bond donors (Lipinski definition) is 2. The molecule has 1 aromatic heterocycles. The third kappa shape index (κ3) is 3.37. The number of pyridine rings is 1. The molecule has 26 heavy (non-hydrogen) atoms. The number of amides is 1. The third-order valence-electron chi connectivity index (χ3n) is 4.46. The Balaban J connectivity index is 1.50. The van der Waals surface area contributed by atoms with Gasteiger partial charge in [0.25, 0.3) is 0 Å². The zero-order valence-corrected chi connectivity index (χ0v) is 14.5. The minimum absolute atomic E-state index is 0.0465. The first-order chi connectivity index (χ1) is 12.7. The van der Waals surface area contributed by atoms with Gasteiger partial charge in [-0.25, -0.2) is 0 Å². The molecule has 130 valence electrons. The lowest BCUT2D eigenvalue weighted by molar-refractivity contribution is -0.115. The van der Waals surface area contributed by atoms with Crippen molar-refractivity contribution in [1.29, 1.82) is 0 Å². The Morgan fingerprint density at radius 1 is 1.08 bits per heavy atom. The van der Waals surface area contributed by atoms with Gasteiger partial charge in [0, 0.05) is 30.2 Å². The van der Waals surface area contributed by atoms with Crippen LogP contribution in [-0.4, -0.2) is 18.0 Å². The lowest BCUT2D eigenvalue weighted by Crippen LogP contribution is -2.03. The molecule has 2 heterocycles. The fourth-order valence-electron chi connectivity index (χ4n) is 3.05. The van der Waals surface area contributed by atoms with Gasteiger partial charge in [-0.2, -0.15) is 0 Å². The summed E-state index contributed by atoms with van der Waals surface area (Å²) < 4.78 is 5.18. The van der Waals surface area contributed by atoms with Crippen LogP contribution in [0.2, 0.25) is 0 Å². The van der Waals surface area contributed by atoms with E-state index >= 15 is 0 Å². The van der Waals surface area contributed by atoms with Crippen molar-refractivity contribution >= 4 is 17.3 Å². The molecule has 1 amide bonds. The lowest BCUT2D eigenvalue weighted by atomic mass is 10.0. The molecule has 3 aromatic rings. The molecule has 0 aliphatic carbocycles. The maximum absolute atomic E-state index is 11.5. The predicted molar refractivity (Wildman–Crippen MR) is 102 cm³/mol. The van der Waals surface area contributed by atoms with Crippen molar-refractivity contribution in [2.24, 2.45) is 0 Å². The van der Waals surface area contributed by atoms with Crippen molar-refractivity contribution in [2.75, 3.05) is 17.7 Å². The first-order valence-electron chi connectivity index (χ1n) is 8.46. The van der Waals surface area contributed by atoms with Gasteiger partial charge in [-0.3, -0.25) is 9.78 Å². The maximum Gasteiger partial charge on any atom is 0.228 e. The summed E-state index contributed by atoms with van der Waals surface area (Å²) in [6, 6.07) is 16.1. The van der Waals surface area contributed by atoms with E-state index in [2.05, 4.69) is 27.8 Å². The van der Waals surface area contributed by atoms with Crippen molar-refractivity contribution in [2.45, 2.75) is 13.0 Å². The Morgan fingerprint density at radius 3 is 2.73 bits per heavy atom. The maximum atomic E-state index is 11.5. The quantitative estimate of drug-likeness (QED) is 0.737. The highest BCUT2D eigenvalue weighted by Gasteiger charge is 2.17. The number of carbonyl (C=O) groups excluding carboxylic acids is 1. The van der Waals surface area contributed by atoms with E-state index in [9.17, 15) is 4.79 Å². The molecule has 1 aliphatic rings. The third-order valence-corrected chi connectivity index (χ3v) is 4.46. The van der Waals surface area contributed by atoms with Crippen LogP contribution in [0.1, 0.15) is 11.1 Å². The number of nitrogens with zero attached hydrogens (tertiary/aromatic N) is 1. The van der Waals surface area contributed by atoms with E-state index in [1.165, 1.54) is 5.56 Å². The first kappa shape index (κ1) is 16.1. The molecule has 5 heteroatoms. The number of anilines is 2. The Morgan fingerprint density at radius 2 is 1.92 bits per heavy atom. The Labute approximate surface area is 152 Å². The molecule has 0 radical (unpaired) electrons. The van der Waals surface area contributed by atoms with Crippen LogP contribution in [0.3, 0.4) is 0 Å². The van der Waals surface area contributed by atoms with Gasteiger partial charge >= 0.3 is 0 Å². The zero-order valence-electron chi connectivity index (χ0n) is 14.5. The largest absolute Gasteiger partial charge is 0.497 e. The molecule has 0 atom stereocenters. The topological polar surface area (TPSA) is 63.2 Å². The lowest BCUT2D eigenvalue weighted by Gasteiger charge is -2.09. The Kier molecular flexibility index (Phi) is 4.27. The van der Waals surface area contributed by atoms with Gasteiger partial charge in [-0.1, -0.05) is 18.2 Å². The monoisotopic (exact) mass is 345 g/mol. The van der Waals surface area contributed by atoms with Crippen molar-refractivity contribution in [3.05, 3.63) is 72.1 Å². The van der Waals surface area contributed by atoms with Crippen molar-refractivity contribution in [3.8, 4) is 16.9 Å². The average Bonchev–Trinajstić information content (AvgIpc) is 3.06. The summed E-state index contributed by atoms with van der Waals surface area (Å²) >= 11 is 0. The number of aromatic nitrogens is 1. The Bertz CT molecular complexity index is 952. The van der Waals surface area contributed by atoms with E-state index in [0.717, 1.165) is 33.8 Å². The van der Waals surface area contributed by atoms with Crippen molar-refractivity contribution in [3.63, 3.8) is 0 Å². The molecule has 0 unspecified atom stereocenters. The molecule has 0 saturated carbocycles. The van der Waals surface area contributed by atoms with Crippen molar-refractivity contribution in [1.82, 2.24) is 4.98 Å². The normalized spacial score (nSPS) is 12.4. The summed E-state index contributed by atoms with van der Waals surface area (Å²) in [5, 5.41) is 6.26. The van der Waals surface area contributed by atoms with Crippen LogP contribution in [-0.2, 0) is 17.8 Å². The number of methoxy groups -OCH3 is 1. The second-order valence-corrected chi connectivity index (χ2v) is 6.26. The Hall–Kier alpha value is -3.34. The van der Waals surface area contributed by atoms with E-state index in [1.807, 2.05) is 48.8 Å². The second-order valence-electron chi connectivity index (χ2n) is 6.26. The summed E-state index contributed by atoms with van der Waals surface area (Å²) in [6.45, 7) is 0.706. The molecule has 0 saturated heterocycles. The van der Waals surface area contributed by atoms with Gasteiger partial charge in [0.05, 0.1) is 19.2 Å². The fourth-order valence-corrected chi connectivity index (χ4v) is 3.05. The van der Waals surface area contributed by atoms with E-state index < -0.39 is 0 Å². The number of hydrogen-bond acceptors (Lipinski definition) is 4. The molecule has 1 aliphatic heterocycles. The summed E-state index contributed by atoms with van der Waals surface area (Å²) in [4.78, 5) is 15.9. The minimum atomic E-state index is 0.0465. The molecular formula is C21H19N3O2. The molecule has 4 rings (SSSR count). The molecule has 2 N–H and O–H groups in total. The number of rotatable bonds is 5. The average molecular weight is 345 g/mol. The van der Waals surface area contributed by atoms with Crippen LogP contribution >= 0.6 is 0 Å². The standard InChI is InChI=1S/C21H19N3O2/c1-26-19-5-2-14(3-6-19)11-23-18-9-17(12-22-13-18)15-4-7-20-16(8-15)10-21(25)24-20/h2-9,12-13,23H,10-11H2,1H3,(H,24,25). The van der Waals surface area contributed by atoms with Gasteiger partial charge < -0.3 is 15.4 Å². The summed E-state index contributed by atoms with van der Waals surface area (Å²) in [5.74, 6) is 0.896. The number of benzene rings is 2. The number of carbonyl (C=O) groups is 1. The van der Waals surface area contributed by atoms with Crippen LogP contribution in [0.4, 0.5) is 11.4 Å².